The summed E-state index contributed by atoms with van der Waals surface area (Å²) in [6, 6.07) is 0. The summed E-state index contributed by atoms with van der Waals surface area (Å²) in [6.07, 6.45) is 3.05. The van der Waals surface area contributed by atoms with E-state index in [9.17, 15) is 0 Å². The molecule has 0 bridgehead atoms. The predicted octanol–water partition coefficient (Wildman–Crippen LogP) is 2.06. The molecule has 1 aliphatic rings. The van der Waals surface area contributed by atoms with Gasteiger partial charge in [-0.15, -0.1) is 0 Å². The normalized spacial score (nSPS) is 21.1. The van der Waals surface area contributed by atoms with Crippen molar-refractivity contribution in [3.05, 3.63) is 24.3 Å². The third kappa shape index (κ3) is 2.39. The molecule has 0 aliphatic heterocycles. The van der Waals surface area contributed by atoms with E-state index in [0.29, 0.717) is 17.0 Å². The molecule has 1 aliphatic carbocycles. The number of nitrogens with one attached hydrogen (secondary N) is 1. The van der Waals surface area contributed by atoms with Gasteiger partial charge >= 0.3 is 0 Å². The van der Waals surface area contributed by atoms with E-state index < -0.39 is 0 Å². The van der Waals surface area contributed by atoms with E-state index in [-0.39, 0.29) is 5.71 Å². The number of hydrogen-bond donors (Lipinski definition) is 2. The minimum atomic E-state index is 0.287. The molecule has 0 aromatic rings. The first-order valence-electron chi connectivity index (χ1n) is 4.36. The summed E-state index contributed by atoms with van der Waals surface area (Å²) in [7, 11) is 1.57. The third-order valence-electron chi connectivity index (χ3n) is 1.59. The average molecular weight is 193 g/mol. The van der Waals surface area contributed by atoms with Crippen molar-refractivity contribution in [1.29, 1.82) is 5.41 Å². The van der Waals surface area contributed by atoms with Crippen molar-refractivity contribution in [2.45, 2.75) is 13.8 Å². The summed E-state index contributed by atoms with van der Waals surface area (Å²) >= 11 is 0. The van der Waals surface area contributed by atoms with Gasteiger partial charge in [-0.05, 0) is 12.2 Å². The number of aliphatic imine (C=N–C) groups is 1. The van der Waals surface area contributed by atoms with Gasteiger partial charge in [-0.3, -0.25) is 10.4 Å². The SMILES string of the molecule is C=C1C(=NC)C(=N)C=C/C1=N\O.CC. The maximum absolute atomic E-state index is 8.51. The molecule has 0 aromatic heterocycles. The highest BCUT2D eigenvalue weighted by Crippen LogP contribution is 2.08. The van der Waals surface area contributed by atoms with E-state index in [1.165, 1.54) is 12.2 Å². The van der Waals surface area contributed by atoms with Crippen molar-refractivity contribution in [2.75, 3.05) is 7.05 Å². The van der Waals surface area contributed by atoms with Crippen molar-refractivity contribution in [2.24, 2.45) is 10.1 Å². The summed E-state index contributed by atoms with van der Waals surface area (Å²) in [5, 5.41) is 19.0. The molecule has 14 heavy (non-hydrogen) atoms. The Morgan fingerprint density at radius 1 is 1.36 bits per heavy atom. The second-order valence-corrected chi connectivity index (χ2v) is 2.28. The van der Waals surface area contributed by atoms with Crippen LogP contribution < -0.4 is 0 Å². The van der Waals surface area contributed by atoms with Crippen molar-refractivity contribution >= 4 is 17.1 Å². The Kier molecular flexibility index (Phi) is 5.14. The zero-order valence-corrected chi connectivity index (χ0v) is 8.70. The first kappa shape index (κ1) is 12.3. The van der Waals surface area contributed by atoms with Gasteiger partial charge in [0.2, 0.25) is 0 Å². The lowest BCUT2D eigenvalue weighted by molar-refractivity contribution is 0.320. The molecule has 0 amide bonds. The molecular formula is C10H15N3O. The molecule has 0 unspecified atom stereocenters. The van der Waals surface area contributed by atoms with Gasteiger partial charge in [0.15, 0.2) is 0 Å². The predicted molar refractivity (Wildman–Crippen MR) is 59.9 cm³/mol. The smallest absolute Gasteiger partial charge is 0.111 e. The first-order chi connectivity index (χ1) is 6.70. The van der Waals surface area contributed by atoms with Crippen LogP contribution in [0.1, 0.15) is 13.8 Å². The second-order valence-electron chi connectivity index (χ2n) is 2.28. The van der Waals surface area contributed by atoms with Crippen molar-refractivity contribution in [3.63, 3.8) is 0 Å². The summed E-state index contributed by atoms with van der Waals surface area (Å²) < 4.78 is 0. The molecule has 0 radical (unpaired) electrons. The van der Waals surface area contributed by atoms with Crippen LogP contribution in [0.5, 0.6) is 0 Å². The number of hydrogen-bond acceptors (Lipinski definition) is 4. The molecule has 4 heteroatoms. The van der Waals surface area contributed by atoms with Crippen LogP contribution in [0.2, 0.25) is 0 Å². The molecule has 0 aromatic carbocycles. The fraction of sp³-hybridized carbons (Fsp3) is 0.300. The van der Waals surface area contributed by atoms with Crippen LogP contribution in [0.3, 0.4) is 0 Å². The van der Waals surface area contributed by atoms with Gasteiger partial charge < -0.3 is 5.21 Å². The van der Waals surface area contributed by atoms with Crippen molar-refractivity contribution < 1.29 is 5.21 Å². The summed E-state index contributed by atoms with van der Waals surface area (Å²) in [5.41, 5.74) is 1.58. The molecule has 0 fully saturated rings. The third-order valence-corrected chi connectivity index (χ3v) is 1.59. The van der Waals surface area contributed by atoms with Crippen molar-refractivity contribution in [3.8, 4) is 0 Å². The van der Waals surface area contributed by atoms with E-state index in [4.69, 9.17) is 10.6 Å². The van der Waals surface area contributed by atoms with E-state index in [1.807, 2.05) is 13.8 Å². The van der Waals surface area contributed by atoms with Crippen LogP contribution >= 0.6 is 0 Å². The topological polar surface area (TPSA) is 68.8 Å². The average Bonchev–Trinajstić information content (AvgIpc) is 2.22. The number of rotatable bonds is 0. The minimum absolute atomic E-state index is 0.287. The zero-order valence-electron chi connectivity index (χ0n) is 8.70. The molecule has 0 spiro atoms. The lowest BCUT2D eigenvalue weighted by Crippen LogP contribution is -2.22. The maximum Gasteiger partial charge on any atom is 0.111 e. The highest BCUT2D eigenvalue weighted by molar-refractivity contribution is 6.59. The van der Waals surface area contributed by atoms with E-state index >= 15 is 0 Å². The lowest BCUT2D eigenvalue weighted by atomic mass is 9.97. The van der Waals surface area contributed by atoms with E-state index in [1.54, 1.807) is 7.05 Å². The van der Waals surface area contributed by atoms with Crippen LogP contribution in [0, 0.1) is 5.41 Å². The summed E-state index contributed by atoms with van der Waals surface area (Å²) in [5.74, 6) is 0. The van der Waals surface area contributed by atoms with E-state index in [0.717, 1.165) is 0 Å². The van der Waals surface area contributed by atoms with Crippen LogP contribution in [0.15, 0.2) is 34.5 Å². The molecule has 2 N–H and O–H groups in total. The van der Waals surface area contributed by atoms with Crippen molar-refractivity contribution in [1.82, 2.24) is 0 Å². The zero-order chi connectivity index (χ0) is 11.1. The van der Waals surface area contributed by atoms with Gasteiger partial charge in [0.1, 0.15) is 5.71 Å². The Morgan fingerprint density at radius 2 is 1.93 bits per heavy atom. The molecule has 1 rings (SSSR count). The Bertz CT molecular complexity index is 324. The van der Waals surface area contributed by atoms with Gasteiger partial charge in [0.05, 0.1) is 11.4 Å². The molecule has 0 saturated carbocycles. The number of allylic oxidation sites excluding steroid dienone is 3. The van der Waals surface area contributed by atoms with Crippen LogP contribution in [0.25, 0.3) is 0 Å². The Hall–Kier alpha value is -1.71. The molecular weight excluding hydrogens is 178 g/mol. The Balaban J connectivity index is 0.000000791. The van der Waals surface area contributed by atoms with Gasteiger partial charge in [-0.25, -0.2) is 0 Å². The minimum Gasteiger partial charge on any atom is -0.410 e. The molecule has 0 heterocycles. The van der Waals surface area contributed by atoms with Gasteiger partial charge in [-0.2, -0.15) is 0 Å². The fourth-order valence-corrected chi connectivity index (χ4v) is 0.975. The quantitative estimate of drug-likeness (QED) is 0.448. The molecule has 76 valence electrons. The van der Waals surface area contributed by atoms with Gasteiger partial charge in [0, 0.05) is 12.6 Å². The summed E-state index contributed by atoms with van der Waals surface area (Å²) in [4.78, 5) is 3.86. The van der Waals surface area contributed by atoms with Gasteiger partial charge in [-0.1, -0.05) is 25.6 Å². The molecule has 0 saturated heterocycles. The molecule has 4 nitrogen and oxygen atoms in total. The maximum atomic E-state index is 8.51. The van der Waals surface area contributed by atoms with Crippen LogP contribution in [-0.4, -0.2) is 29.4 Å². The summed E-state index contributed by atoms with van der Waals surface area (Å²) in [6.45, 7) is 7.66. The molecule has 0 atom stereocenters. The standard InChI is InChI=1S/C8H9N3O.C2H6/c1-5-7(11-12)4-3-6(9)8(5)10-2;1-2/h3-4,9,12H,1H2,2H3;1-2H3/b9-6?,10-8?,11-7+;. The lowest BCUT2D eigenvalue weighted by Gasteiger charge is -2.11. The Labute approximate surface area is 83.9 Å². The fourth-order valence-electron chi connectivity index (χ4n) is 0.975. The van der Waals surface area contributed by atoms with Crippen LogP contribution in [-0.2, 0) is 0 Å². The van der Waals surface area contributed by atoms with Crippen LogP contribution in [0.4, 0.5) is 0 Å². The highest BCUT2D eigenvalue weighted by atomic mass is 16.4. The highest BCUT2D eigenvalue weighted by Gasteiger charge is 2.17. The van der Waals surface area contributed by atoms with Gasteiger partial charge in [0.25, 0.3) is 0 Å². The largest absolute Gasteiger partial charge is 0.410 e. The second kappa shape index (κ2) is 5.85. The number of oxime groups is 1. The number of nitrogens with zero attached hydrogens (tertiary/aromatic N) is 2. The van der Waals surface area contributed by atoms with E-state index in [2.05, 4.69) is 16.7 Å². The monoisotopic (exact) mass is 193 g/mol. The Morgan fingerprint density at radius 3 is 2.36 bits per heavy atom. The first-order valence-corrected chi connectivity index (χ1v) is 4.36.